The highest BCUT2D eigenvalue weighted by Crippen LogP contribution is 2.50. The number of amides is 3. The summed E-state index contributed by atoms with van der Waals surface area (Å²) in [4.78, 5) is 54.1. The van der Waals surface area contributed by atoms with E-state index < -0.39 is 134 Å². The first-order valence-electron chi connectivity index (χ1n) is 30.9. The smallest absolute Gasteiger partial charge is 0.407 e. The van der Waals surface area contributed by atoms with E-state index >= 15 is 0 Å². The molecular weight excluding hydrogens is 1110 g/mol. The Labute approximate surface area is 506 Å². The van der Waals surface area contributed by atoms with Gasteiger partial charge in [-0.3, -0.25) is 14.4 Å². The molecule has 20 nitrogen and oxygen atoms in total. The first-order chi connectivity index (χ1) is 39.7. The predicted molar refractivity (Wildman–Crippen MR) is 321 cm³/mol. The molecule has 21 heteroatoms. The summed E-state index contributed by atoms with van der Waals surface area (Å²) in [5.74, 6) is -3.69. The van der Waals surface area contributed by atoms with Crippen molar-refractivity contribution in [1.29, 1.82) is 0 Å². The van der Waals surface area contributed by atoms with E-state index in [4.69, 9.17) is 56.5 Å². The maximum Gasteiger partial charge on any atom is 0.407 e. The monoisotopic (exact) mass is 1210 g/mol. The molecule has 0 unspecified atom stereocenters. The number of esters is 1. The summed E-state index contributed by atoms with van der Waals surface area (Å²) >= 11 is 0. The number of carbonyl (C=O) groups is 4. The van der Waals surface area contributed by atoms with Gasteiger partial charge in [0.25, 0.3) is 5.91 Å². The number of methoxy groups -OCH3 is 2. The highest BCUT2D eigenvalue weighted by atomic mass is 28.4. The lowest BCUT2D eigenvalue weighted by molar-refractivity contribution is -0.316. The number of hydrogen-bond donors (Lipinski definition) is 4. The summed E-state index contributed by atoms with van der Waals surface area (Å²) in [7, 11) is 0.647. The number of carbonyl (C=O) groups excluding carboxylic acids is 4. The fourth-order valence-corrected chi connectivity index (χ4v) is 14.2. The Hall–Kier alpha value is -3.84. The molecule has 4 fully saturated rings. The first kappa shape index (κ1) is 68.6. The molecule has 6 heterocycles. The van der Waals surface area contributed by atoms with E-state index in [0.29, 0.717) is 18.4 Å². The maximum absolute atomic E-state index is 15.0. The minimum atomic E-state index is -2.42. The van der Waals surface area contributed by atoms with Crippen LogP contribution in [0.5, 0.6) is 0 Å². The Morgan fingerprint density at radius 3 is 2.21 bits per heavy atom. The molecular formula is C64H103N3O17Si. The number of allylic oxidation sites excluding steroid dienone is 2. The van der Waals surface area contributed by atoms with E-state index in [1.54, 1.807) is 34.8 Å². The van der Waals surface area contributed by atoms with Crippen molar-refractivity contribution in [2.75, 3.05) is 33.9 Å². The van der Waals surface area contributed by atoms with Gasteiger partial charge < -0.3 is 77.6 Å². The van der Waals surface area contributed by atoms with Crippen LogP contribution in [-0.4, -0.2) is 173 Å². The second kappa shape index (κ2) is 27.5. The molecule has 1 aliphatic carbocycles. The quantitative estimate of drug-likeness (QED) is 0.0520. The van der Waals surface area contributed by atoms with Gasteiger partial charge in [0.15, 0.2) is 32.2 Å². The van der Waals surface area contributed by atoms with Crippen molar-refractivity contribution >= 4 is 32.2 Å². The van der Waals surface area contributed by atoms with Gasteiger partial charge in [0.2, 0.25) is 5.91 Å². The number of nitrogens with one attached hydrogen (secondary N) is 3. The van der Waals surface area contributed by atoms with Gasteiger partial charge in [0, 0.05) is 71.8 Å². The van der Waals surface area contributed by atoms with Gasteiger partial charge in [-0.25, -0.2) is 4.79 Å². The van der Waals surface area contributed by atoms with E-state index in [2.05, 4.69) is 89.7 Å². The van der Waals surface area contributed by atoms with Crippen LogP contribution >= 0.6 is 0 Å². The van der Waals surface area contributed by atoms with Gasteiger partial charge in [-0.1, -0.05) is 91.3 Å². The van der Waals surface area contributed by atoms with Crippen molar-refractivity contribution < 1.29 is 80.8 Å². The molecule has 2 bridgehead atoms. The molecule has 4 N–H and O–H groups in total. The third-order valence-electron chi connectivity index (χ3n) is 18.8. The molecule has 0 radical (unpaired) electrons. The van der Waals surface area contributed by atoms with Gasteiger partial charge in [-0.15, -0.1) is 0 Å². The van der Waals surface area contributed by atoms with E-state index in [9.17, 15) is 24.3 Å². The molecule has 4 saturated heterocycles. The van der Waals surface area contributed by atoms with Crippen molar-refractivity contribution in [2.45, 2.75) is 263 Å². The number of rotatable bonds is 15. The number of ether oxygens (including phenoxy) is 11. The molecule has 0 aromatic heterocycles. The largest absolute Gasteiger partial charge is 0.462 e. The average molecular weight is 1210 g/mol. The van der Waals surface area contributed by atoms with Crippen LogP contribution in [0.1, 0.15) is 142 Å². The lowest BCUT2D eigenvalue weighted by Gasteiger charge is -2.49. The number of hydrogen-bond acceptors (Lipinski definition) is 17. The van der Waals surface area contributed by atoms with Crippen LogP contribution in [0.4, 0.5) is 4.79 Å². The van der Waals surface area contributed by atoms with E-state index in [-0.39, 0.29) is 67.9 Å². The first-order valence-corrected chi connectivity index (χ1v) is 33.8. The summed E-state index contributed by atoms with van der Waals surface area (Å²) in [5.41, 5.74) is -1.87. The minimum absolute atomic E-state index is 0.0362. The highest BCUT2D eigenvalue weighted by Gasteiger charge is 2.62. The molecule has 20 atom stereocenters. The zero-order valence-corrected chi connectivity index (χ0v) is 55.2. The van der Waals surface area contributed by atoms with Crippen molar-refractivity contribution in [3.63, 3.8) is 0 Å². The third kappa shape index (κ3) is 15.4. The summed E-state index contributed by atoms with van der Waals surface area (Å²) in [6.07, 6.45) is 7.16. The zero-order chi connectivity index (χ0) is 62.8. The minimum Gasteiger partial charge on any atom is -0.462 e. The molecule has 0 saturated carbocycles. The fourth-order valence-electron chi connectivity index (χ4n) is 12.9. The van der Waals surface area contributed by atoms with Gasteiger partial charge in [-0.05, 0) is 102 Å². The molecule has 3 amide bonds. The lowest BCUT2D eigenvalue weighted by Crippen LogP contribution is -2.74. The van der Waals surface area contributed by atoms with Crippen LogP contribution in [0.2, 0.25) is 18.1 Å². The number of alkyl carbamates (subject to hydrolysis) is 1. The summed E-state index contributed by atoms with van der Waals surface area (Å²) < 4.78 is 78.7. The second-order valence-electron chi connectivity index (χ2n) is 27.4. The Kier molecular flexibility index (Phi) is 22.2. The molecule has 1 spiro atoms. The van der Waals surface area contributed by atoms with Crippen LogP contribution in [0.15, 0.2) is 59.3 Å². The van der Waals surface area contributed by atoms with Crippen LogP contribution < -0.4 is 16.0 Å². The Bertz CT molecular complexity index is 2520. The Balaban J connectivity index is 1.14. The van der Waals surface area contributed by atoms with Crippen LogP contribution in [0.3, 0.4) is 0 Å². The van der Waals surface area contributed by atoms with Gasteiger partial charge in [0.1, 0.15) is 35.4 Å². The van der Waals surface area contributed by atoms with Crippen molar-refractivity contribution in [3.8, 4) is 0 Å². The lowest BCUT2D eigenvalue weighted by atomic mass is 9.71. The van der Waals surface area contributed by atoms with E-state index in [0.717, 1.165) is 17.6 Å². The van der Waals surface area contributed by atoms with E-state index in [1.165, 1.54) is 14.0 Å². The zero-order valence-electron chi connectivity index (χ0n) is 54.2. The van der Waals surface area contributed by atoms with Gasteiger partial charge in [-0.2, -0.15) is 0 Å². The molecule has 6 aliphatic heterocycles. The van der Waals surface area contributed by atoms with Gasteiger partial charge >= 0.3 is 12.1 Å². The number of aliphatic hydroxyl groups is 1. The summed E-state index contributed by atoms with van der Waals surface area (Å²) in [5, 5.41) is 21.5. The molecule has 7 aliphatic rings. The molecule has 0 aromatic carbocycles. The molecule has 0 aromatic rings. The maximum atomic E-state index is 15.0. The SMILES string of the molecule is CC[C@H](C)[C@H]1O[C@]2(C=C[C@@H]1C)C[C@@H]1C[C@@H](C/C=C(\C)[C@@H](O[C@H]3C[C@H](OC)[C@@H](O[C@H]4C[C@H](OC)[C@](NC(C)=O)(C(=O)NCCNC(=O)OC(C)(C)C)[C@H](C)O4)[C@H](C)O3)[C@@H](C)/C=C/C=C3\CO[C@@H]4[C@H](O[Si](C)(C)C(C)(C)C)C(C)=C[C@@H](C(=O)O1)[C@]34O)O2. The predicted octanol–water partition coefficient (Wildman–Crippen LogP) is 8.56. The van der Waals surface area contributed by atoms with Crippen molar-refractivity contribution in [3.05, 3.63) is 59.3 Å². The van der Waals surface area contributed by atoms with Crippen molar-refractivity contribution in [2.24, 2.45) is 23.7 Å². The van der Waals surface area contributed by atoms with Gasteiger partial charge in [0.05, 0.1) is 55.4 Å². The Morgan fingerprint density at radius 2 is 1.56 bits per heavy atom. The number of fused-ring (bicyclic) bond motifs is 2. The molecule has 85 heavy (non-hydrogen) atoms. The normalized spacial score (nSPS) is 40.3. The standard InChI is InChI=1S/C64H103N3O17Si/c1-20-36(2)53-39(5)26-27-62(82-53)34-46-31-45(81-62)25-24-38(4)52(37(3)22-21-23-44-35-75-56-54(84-85(18,19)61(13,14)15)40(6)30-47(57(69)78-46)64(44,56)72)79-50-32-48(73-16)55(41(7)76-50)80-51-33-49(74-17)63(42(8)77-51,67-43(9)68)58(70)65-28-29-66-59(71)83-60(10,11)12/h21-24,26-27,30,36-37,39,41-42,45-56,72H,20,25,28-29,31-35H2,1-19H3,(H,65,70)(H,66,71)(H,67,68)/b22-21+,38-24+,44-23+/t36-,37-,39-,41-,42-,45+,46-,47-,48-,49-,50-,51-,52-,53+,54+,55-,56+,62+,63-,64+/m0/s1. The summed E-state index contributed by atoms with van der Waals surface area (Å²) in [6, 6.07) is 0. The van der Waals surface area contributed by atoms with Crippen molar-refractivity contribution in [1.82, 2.24) is 16.0 Å². The topological polar surface area (TPSA) is 235 Å². The second-order valence-corrected chi connectivity index (χ2v) is 32.2. The van der Waals surface area contributed by atoms with Crippen LogP contribution in [0.25, 0.3) is 0 Å². The average Bonchev–Trinajstić information content (AvgIpc) is 1.80. The van der Waals surface area contributed by atoms with Crippen LogP contribution in [-0.2, 0) is 70.9 Å². The van der Waals surface area contributed by atoms with Crippen LogP contribution in [0, 0.1) is 23.7 Å². The summed E-state index contributed by atoms with van der Waals surface area (Å²) in [6.45, 7) is 33.8. The van der Waals surface area contributed by atoms with E-state index in [1.807, 2.05) is 51.2 Å². The highest BCUT2D eigenvalue weighted by molar-refractivity contribution is 6.74. The molecule has 7 rings (SSSR count). The molecule has 480 valence electrons. The fraction of sp³-hybridized carbons (Fsp3) is 0.781. The third-order valence-corrected chi connectivity index (χ3v) is 23.2. The Morgan fingerprint density at radius 1 is 0.871 bits per heavy atom.